The third-order valence-corrected chi connectivity index (χ3v) is 7.68. The summed E-state index contributed by atoms with van der Waals surface area (Å²) in [6.45, 7) is 7.47. The second-order valence-corrected chi connectivity index (χ2v) is 12.0. The number of amides is 1. The average molecular weight is 559 g/mol. The van der Waals surface area contributed by atoms with Gasteiger partial charge in [0.25, 0.3) is 5.91 Å². The molecular formula is C34H42N2O5. The van der Waals surface area contributed by atoms with Crippen molar-refractivity contribution in [2.24, 2.45) is 0 Å². The molecule has 1 aliphatic carbocycles. The van der Waals surface area contributed by atoms with Gasteiger partial charge in [-0.15, -0.1) is 0 Å². The fourth-order valence-electron chi connectivity index (χ4n) is 5.75. The van der Waals surface area contributed by atoms with Gasteiger partial charge in [-0.1, -0.05) is 61.0 Å². The van der Waals surface area contributed by atoms with Crippen LogP contribution in [0, 0.1) is 0 Å². The van der Waals surface area contributed by atoms with Crippen molar-refractivity contribution in [2.45, 2.75) is 89.4 Å². The summed E-state index contributed by atoms with van der Waals surface area (Å²) in [7, 11) is 1.22. The molecule has 41 heavy (non-hydrogen) atoms. The number of ether oxygens (including phenoxy) is 2. The zero-order valence-electron chi connectivity index (χ0n) is 24.7. The lowest BCUT2D eigenvalue weighted by atomic mass is 9.80. The van der Waals surface area contributed by atoms with E-state index in [4.69, 9.17) is 9.47 Å². The molecule has 0 saturated heterocycles. The van der Waals surface area contributed by atoms with Crippen LogP contribution in [0.4, 0.5) is 0 Å². The van der Waals surface area contributed by atoms with Crippen molar-refractivity contribution >= 4 is 28.6 Å². The van der Waals surface area contributed by atoms with E-state index in [1.54, 1.807) is 32.9 Å². The summed E-state index contributed by atoms with van der Waals surface area (Å²) in [5, 5.41) is 9.06. The first-order valence-corrected chi connectivity index (χ1v) is 14.5. The third kappa shape index (κ3) is 8.17. The summed E-state index contributed by atoms with van der Waals surface area (Å²) in [6.07, 6.45) is 4.10. The van der Waals surface area contributed by atoms with Crippen molar-refractivity contribution in [1.82, 2.24) is 10.6 Å². The quantitative estimate of drug-likeness (QED) is 0.303. The molecule has 0 radical (unpaired) electrons. The van der Waals surface area contributed by atoms with Gasteiger partial charge in [0.1, 0.15) is 11.6 Å². The van der Waals surface area contributed by atoms with Crippen LogP contribution >= 0.6 is 0 Å². The molecule has 0 aromatic heterocycles. The number of carbonyl (C=O) groups is 3. The standard InChI is InChI=1S/C34H42N2O5/c1-22(28-15-9-11-24-10-6-7-14-29(24)28)35-27-13-8-12-26(20-27)23-16-18-25(19-17-23)32(38)36-30(33(39)40-5)21-31(37)41-34(2,3)4/h6-7,9-11,14-19,22,26-27,30,35H,8,12-13,20-21H2,1-5H3,(H,36,38)/t22-,26+,27+,30+/m1/s1. The van der Waals surface area contributed by atoms with Crippen LogP contribution in [0.25, 0.3) is 10.8 Å². The van der Waals surface area contributed by atoms with E-state index in [2.05, 4.69) is 60.0 Å². The predicted octanol–water partition coefficient (Wildman–Crippen LogP) is 6.22. The fourth-order valence-corrected chi connectivity index (χ4v) is 5.75. The number of hydrogen-bond acceptors (Lipinski definition) is 6. The van der Waals surface area contributed by atoms with Crippen LogP contribution in [0.5, 0.6) is 0 Å². The highest BCUT2D eigenvalue weighted by atomic mass is 16.6. The molecule has 1 amide bonds. The van der Waals surface area contributed by atoms with Gasteiger partial charge in [0.05, 0.1) is 13.5 Å². The van der Waals surface area contributed by atoms with E-state index in [-0.39, 0.29) is 12.5 Å². The summed E-state index contributed by atoms with van der Waals surface area (Å²) in [5.41, 5.74) is 2.24. The molecule has 7 nitrogen and oxygen atoms in total. The van der Waals surface area contributed by atoms with Crippen molar-refractivity contribution < 1.29 is 23.9 Å². The van der Waals surface area contributed by atoms with Gasteiger partial charge in [-0.2, -0.15) is 0 Å². The number of nitrogens with one attached hydrogen (secondary N) is 2. The van der Waals surface area contributed by atoms with E-state index >= 15 is 0 Å². The number of carbonyl (C=O) groups excluding carboxylic acids is 3. The Morgan fingerprint density at radius 2 is 1.66 bits per heavy atom. The van der Waals surface area contributed by atoms with E-state index in [1.165, 1.54) is 29.0 Å². The summed E-state index contributed by atoms with van der Waals surface area (Å²) >= 11 is 0. The lowest BCUT2D eigenvalue weighted by Crippen LogP contribution is -2.43. The maximum absolute atomic E-state index is 12.9. The number of fused-ring (bicyclic) bond motifs is 1. The number of methoxy groups -OCH3 is 1. The Bertz CT molecular complexity index is 1360. The molecule has 3 aromatic rings. The molecular weight excluding hydrogens is 516 g/mol. The number of rotatable bonds is 9. The van der Waals surface area contributed by atoms with Gasteiger partial charge in [0.2, 0.25) is 0 Å². The highest BCUT2D eigenvalue weighted by Crippen LogP contribution is 2.34. The number of esters is 2. The van der Waals surface area contributed by atoms with Crippen LogP contribution in [0.1, 0.15) is 93.2 Å². The van der Waals surface area contributed by atoms with Crippen molar-refractivity contribution in [3.63, 3.8) is 0 Å². The minimum Gasteiger partial charge on any atom is -0.467 e. The fraction of sp³-hybridized carbons (Fsp3) is 0.441. The van der Waals surface area contributed by atoms with Crippen LogP contribution in [-0.4, -0.2) is 42.6 Å². The highest BCUT2D eigenvalue weighted by molar-refractivity contribution is 5.97. The van der Waals surface area contributed by atoms with Crippen LogP contribution in [0.2, 0.25) is 0 Å². The Morgan fingerprint density at radius 1 is 0.951 bits per heavy atom. The van der Waals surface area contributed by atoms with E-state index in [0.29, 0.717) is 17.5 Å². The Morgan fingerprint density at radius 3 is 2.37 bits per heavy atom. The van der Waals surface area contributed by atoms with Crippen molar-refractivity contribution in [1.29, 1.82) is 0 Å². The molecule has 3 aromatic carbocycles. The molecule has 2 N–H and O–H groups in total. The highest BCUT2D eigenvalue weighted by Gasteiger charge is 2.29. The minimum atomic E-state index is -1.13. The zero-order chi connectivity index (χ0) is 29.6. The molecule has 0 bridgehead atoms. The lowest BCUT2D eigenvalue weighted by Gasteiger charge is -2.32. The first-order chi connectivity index (χ1) is 19.5. The topological polar surface area (TPSA) is 93.7 Å². The molecule has 1 saturated carbocycles. The van der Waals surface area contributed by atoms with Gasteiger partial charge < -0.3 is 20.1 Å². The smallest absolute Gasteiger partial charge is 0.328 e. The number of benzene rings is 3. The summed E-state index contributed by atoms with van der Waals surface area (Å²) < 4.78 is 10.1. The maximum atomic E-state index is 12.9. The maximum Gasteiger partial charge on any atom is 0.328 e. The van der Waals surface area contributed by atoms with Gasteiger partial charge in [-0.3, -0.25) is 9.59 Å². The van der Waals surface area contributed by atoms with E-state index in [0.717, 1.165) is 25.7 Å². The Kier molecular flexibility index (Phi) is 9.81. The largest absolute Gasteiger partial charge is 0.467 e. The van der Waals surface area contributed by atoms with Gasteiger partial charge in [0, 0.05) is 17.6 Å². The molecule has 1 aliphatic rings. The van der Waals surface area contributed by atoms with Gasteiger partial charge in [-0.05, 0) is 86.9 Å². The Labute approximate surface area is 243 Å². The van der Waals surface area contributed by atoms with Crippen LogP contribution in [0.15, 0.2) is 66.7 Å². The lowest BCUT2D eigenvalue weighted by molar-refractivity contribution is -0.158. The zero-order valence-corrected chi connectivity index (χ0v) is 24.7. The molecule has 0 unspecified atom stereocenters. The van der Waals surface area contributed by atoms with Gasteiger partial charge in [-0.25, -0.2) is 4.79 Å². The summed E-state index contributed by atoms with van der Waals surface area (Å²) in [6, 6.07) is 22.1. The first-order valence-electron chi connectivity index (χ1n) is 14.5. The molecule has 218 valence electrons. The predicted molar refractivity (Wildman–Crippen MR) is 161 cm³/mol. The van der Waals surface area contributed by atoms with Crippen molar-refractivity contribution in [3.8, 4) is 0 Å². The molecule has 0 spiro atoms. The molecule has 1 fully saturated rings. The van der Waals surface area contributed by atoms with E-state index in [1.807, 2.05) is 12.1 Å². The molecule has 4 rings (SSSR count). The van der Waals surface area contributed by atoms with Crippen molar-refractivity contribution in [3.05, 3.63) is 83.4 Å². The van der Waals surface area contributed by atoms with Gasteiger partial charge >= 0.3 is 11.9 Å². The normalized spacial score (nSPS) is 18.8. The SMILES string of the molecule is COC(=O)[C@H](CC(=O)OC(C)(C)C)NC(=O)c1ccc([C@H]2CCC[C@H](N[C@H](C)c3cccc4ccccc34)C2)cc1. The first kappa shape index (κ1) is 30.3. The van der Waals surface area contributed by atoms with Gasteiger partial charge in [0.15, 0.2) is 0 Å². The minimum absolute atomic E-state index is 0.236. The average Bonchev–Trinajstić information content (AvgIpc) is 2.95. The van der Waals surface area contributed by atoms with Crippen LogP contribution in [0.3, 0.4) is 0 Å². The second-order valence-electron chi connectivity index (χ2n) is 12.0. The molecule has 7 heteroatoms. The Hall–Kier alpha value is -3.71. The molecule has 0 heterocycles. The summed E-state index contributed by atoms with van der Waals surface area (Å²) in [4.78, 5) is 37.5. The Balaban J connectivity index is 1.37. The summed E-state index contributed by atoms with van der Waals surface area (Å²) in [5.74, 6) is -1.33. The van der Waals surface area contributed by atoms with E-state index in [9.17, 15) is 14.4 Å². The monoisotopic (exact) mass is 558 g/mol. The van der Waals surface area contributed by atoms with Crippen LogP contribution in [-0.2, 0) is 19.1 Å². The van der Waals surface area contributed by atoms with Crippen molar-refractivity contribution in [2.75, 3.05) is 7.11 Å². The van der Waals surface area contributed by atoms with E-state index < -0.39 is 29.5 Å². The second kappa shape index (κ2) is 13.3. The third-order valence-electron chi connectivity index (χ3n) is 7.68. The number of hydrogen-bond donors (Lipinski definition) is 2. The molecule has 0 aliphatic heterocycles. The van der Waals surface area contributed by atoms with Crippen LogP contribution < -0.4 is 10.6 Å². The molecule has 4 atom stereocenters.